The van der Waals surface area contributed by atoms with Crippen molar-refractivity contribution in [2.24, 2.45) is 5.92 Å². The zero-order chi connectivity index (χ0) is 15.4. The highest BCUT2D eigenvalue weighted by Gasteiger charge is 2.23. The molecule has 1 aromatic carbocycles. The Balaban J connectivity index is 2.05. The fraction of sp³-hybridized carbons (Fsp3) is 0.467. The van der Waals surface area contributed by atoms with Crippen molar-refractivity contribution in [2.75, 3.05) is 32.6 Å². The summed E-state index contributed by atoms with van der Waals surface area (Å²) in [6, 6.07) is 4.81. The minimum absolute atomic E-state index is 0.0125. The quantitative estimate of drug-likeness (QED) is 0.871. The Bertz CT molecular complexity index is 540. The lowest BCUT2D eigenvalue weighted by atomic mass is 9.96. The number of rotatable bonds is 3. The number of nitrogens with one attached hydrogen (secondary N) is 1. The van der Waals surface area contributed by atoms with Crippen molar-refractivity contribution in [2.45, 2.75) is 12.8 Å². The van der Waals surface area contributed by atoms with Crippen LogP contribution in [0.5, 0.6) is 0 Å². The predicted molar refractivity (Wildman–Crippen MR) is 81.6 cm³/mol. The summed E-state index contributed by atoms with van der Waals surface area (Å²) in [4.78, 5) is 26.0. The molecule has 1 saturated heterocycles. The number of hydrogen-bond donors (Lipinski definition) is 1. The lowest BCUT2D eigenvalue weighted by molar-refractivity contribution is -0.121. The second-order valence-corrected chi connectivity index (χ2v) is 5.66. The van der Waals surface area contributed by atoms with E-state index >= 15 is 0 Å². The van der Waals surface area contributed by atoms with Gasteiger partial charge in [0.25, 0.3) is 0 Å². The van der Waals surface area contributed by atoms with Crippen LogP contribution < -0.4 is 5.32 Å². The third kappa shape index (κ3) is 3.95. The lowest BCUT2D eigenvalue weighted by Crippen LogP contribution is -2.35. The molecule has 0 saturated carbocycles. The van der Waals surface area contributed by atoms with Gasteiger partial charge in [-0.3, -0.25) is 4.79 Å². The molecule has 114 valence electrons. The number of anilines is 1. The minimum Gasteiger partial charge on any atom is -0.465 e. The number of amides is 1. The lowest BCUT2D eigenvalue weighted by Gasteiger charge is -2.28. The first-order valence-electron chi connectivity index (χ1n) is 6.88. The molecule has 0 radical (unpaired) electrons. The Hall–Kier alpha value is -1.59. The number of piperidine rings is 1. The molecule has 1 heterocycles. The molecule has 0 aliphatic carbocycles. The van der Waals surface area contributed by atoms with Gasteiger partial charge in [0.05, 0.1) is 17.7 Å². The van der Waals surface area contributed by atoms with E-state index < -0.39 is 5.97 Å². The smallest absolute Gasteiger partial charge is 0.339 e. The summed E-state index contributed by atoms with van der Waals surface area (Å²) in [6.07, 6.45) is 1.69. The number of likely N-dealkylation sites (tertiary alicyclic amines) is 1. The molecule has 5 nitrogen and oxygen atoms in total. The molecule has 21 heavy (non-hydrogen) atoms. The van der Waals surface area contributed by atoms with Crippen molar-refractivity contribution in [1.82, 2.24) is 4.90 Å². The van der Waals surface area contributed by atoms with Gasteiger partial charge < -0.3 is 15.0 Å². The molecule has 1 aliphatic rings. The van der Waals surface area contributed by atoms with Gasteiger partial charge in [0, 0.05) is 11.6 Å². The molecule has 0 spiro atoms. The molecular formula is C15H19ClN2O3. The standard InChI is InChI=1S/C15H19ClN2O3/c1-18-7-5-10(6-8-18)14(19)17-11-3-4-13(16)12(9-11)15(20)21-2/h3-4,9-10H,5-8H2,1-2H3,(H,17,19). The van der Waals surface area contributed by atoms with E-state index in [9.17, 15) is 9.59 Å². The number of carbonyl (C=O) groups is 2. The topological polar surface area (TPSA) is 58.6 Å². The van der Waals surface area contributed by atoms with Crippen LogP contribution in [-0.2, 0) is 9.53 Å². The van der Waals surface area contributed by atoms with Crippen LogP contribution in [-0.4, -0.2) is 44.0 Å². The maximum Gasteiger partial charge on any atom is 0.339 e. The molecule has 1 N–H and O–H groups in total. The number of halogens is 1. The number of ether oxygens (including phenoxy) is 1. The first kappa shape index (κ1) is 15.8. The van der Waals surface area contributed by atoms with Crippen molar-refractivity contribution in [3.05, 3.63) is 28.8 Å². The van der Waals surface area contributed by atoms with Crippen LogP contribution in [0.2, 0.25) is 5.02 Å². The van der Waals surface area contributed by atoms with E-state index in [4.69, 9.17) is 11.6 Å². The van der Waals surface area contributed by atoms with E-state index in [0.29, 0.717) is 10.7 Å². The summed E-state index contributed by atoms with van der Waals surface area (Å²) in [5, 5.41) is 3.15. The first-order chi connectivity index (χ1) is 10.0. The summed E-state index contributed by atoms with van der Waals surface area (Å²) in [6.45, 7) is 1.85. The number of methoxy groups -OCH3 is 1. The number of esters is 1. The number of benzene rings is 1. The van der Waals surface area contributed by atoms with Crippen molar-refractivity contribution >= 4 is 29.2 Å². The van der Waals surface area contributed by atoms with Crippen molar-refractivity contribution in [3.63, 3.8) is 0 Å². The summed E-state index contributed by atoms with van der Waals surface area (Å²) in [5.41, 5.74) is 0.809. The summed E-state index contributed by atoms with van der Waals surface area (Å²) >= 11 is 5.95. The van der Waals surface area contributed by atoms with Crippen LogP contribution in [0.4, 0.5) is 5.69 Å². The third-order valence-corrected chi connectivity index (χ3v) is 4.06. The number of carbonyl (C=O) groups excluding carboxylic acids is 2. The average molecular weight is 311 g/mol. The second kappa shape index (κ2) is 6.91. The number of hydrogen-bond acceptors (Lipinski definition) is 4. The van der Waals surface area contributed by atoms with Gasteiger partial charge in [0.2, 0.25) is 5.91 Å². The monoisotopic (exact) mass is 310 g/mol. The van der Waals surface area contributed by atoms with Gasteiger partial charge in [0.1, 0.15) is 0 Å². The summed E-state index contributed by atoms with van der Waals surface area (Å²) in [5.74, 6) is -0.518. The Morgan fingerprint density at radius 2 is 2.00 bits per heavy atom. The van der Waals surface area contributed by atoms with Gasteiger partial charge in [-0.25, -0.2) is 4.79 Å². The summed E-state index contributed by atoms with van der Waals surface area (Å²) in [7, 11) is 3.35. The van der Waals surface area contributed by atoms with Crippen LogP contribution in [0.1, 0.15) is 23.2 Å². The van der Waals surface area contributed by atoms with Gasteiger partial charge >= 0.3 is 5.97 Å². The molecule has 0 aromatic heterocycles. The molecule has 0 bridgehead atoms. The second-order valence-electron chi connectivity index (χ2n) is 5.25. The molecular weight excluding hydrogens is 292 g/mol. The highest BCUT2D eigenvalue weighted by Crippen LogP contribution is 2.23. The molecule has 1 aliphatic heterocycles. The van der Waals surface area contributed by atoms with Crippen LogP contribution >= 0.6 is 11.6 Å². The van der Waals surface area contributed by atoms with Gasteiger partial charge in [-0.15, -0.1) is 0 Å². The Kier molecular flexibility index (Phi) is 5.20. The van der Waals surface area contributed by atoms with Gasteiger partial charge in [-0.1, -0.05) is 11.6 Å². The zero-order valence-corrected chi connectivity index (χ0v) is 12.9. The van der Waals surface area contributed by atoms with E-state index in [1.54, 1.807) is 18.2 Å². The van der Waals surface area contributed by atoms with Crippen LogP contribution in [0.15, 0.2) is 18.2 Å². The molecule has 6 heteroatoms. The fourth-order valence-corrected chi connectivity index (χ4v) is 2.58. The van der Waals surface area contributed by atoms with E-state index in [1.165, 1.54) is 7.11 Å². The van der Waals surface area contributed by atoms with Gasteiger partial charge in [-0.05, 0) is 51.2 Å². The van der Waals surface area contributed by atoms with Crippen LogP contribution in [0.3, 0.4) is 0 Å². The Morgan fingerprint density at radius 3 is 2.62 bits per heavy atom. The van der Waals surface area contributed by atoms with Gasteiger partial charge in [-0.2, -0.15) is 0 Å². The molecule has 1 amide bonds. The van der Waals surface area contributed by atoms with Gasteiger partial charge in [0.15, 0.2) is 0 Å². The Labute approximate surface area is 129 Å². The fourth-order valence-electron chi connectivity index (χ4n) is 2.38. The molecule has 1 aromatic rings. The first-order valence-corrected chi connectivity index (χ1v) is 7.26. The molecule has 0 atom stereocenters. The van der Waals surface area contributed by atoms with E-state index in [1.807, 2.05) is 0 Å². The van der Waals surface area contributed by atoms with Crippen LogP contribution in [0.25, 0.3) is 0 Å². The number of nitrogens with zero attached hydrogens (tertiary/aromatic N) is 1. The third-order valence-electron chi connectivity index (χ3n) is 3.73. The highest BCUT2D eigenvalue weighted by atomic mass is 35.5. The normalized spacial score (nSPS) is 16.5. The minimum atomic E-state index is -0.518. The Morgan fingerprint density at radius 1 is 1.33 bits per heavy atom. The largest absolute Gasteiger partial charge is 0.465 e. The van der Waals surface area contributed by atoms with E-state index in [2.05, 4.69) is 22.0 Å². The maximum atomic E-state index is 12.2. The summed E-state index contributed by atoms with van der Waals surface area (Å²) < 4.78 is 4.66. The average Bonchev–Trinajstić information content (AvgIpc) is 2.49. The van der Waals surface area contributed by atoms with E-state index in [0.717, 1.165) is 25.9 Å². The molecule has 1 fully saturated rings. The highest BCUT2D eigenvalue weighted by molar-refractivity contribution is 6.33. The van der Waals surface area contributed by atoms with Crippen molar-refractivity contribution in [3.8, 4) is 0 Å². The molecule has 0 unspecified atom stereocenters. The van der Waals surface area contributed by atoms with Crippen molar-refractivity contribution in [1.29, 1.82) is 0 Å². The predicted octanol–water partition coefficient (Wildman–Crippen LogP) is 2.41. The van der Waals surface area contributed by atoms with E-state index in [-0.39, 0.29) is 17.4 Å². The maximum absolute atomic E-state index is 12.2. The van der Waals surface area contributed by atoms with Crippen LogP contribution in [0, 0.1) is 5.92 Å². The SMILES string of the molecule is COC(=O)c1cc(NC(=O)C2CCN(C)CC2)ccc1Cl. The van der Waals surface area contributed by atoms with Crippen molar-refractivity contribution < 1.29 is 14.3 Å². The molecule has 2 rings (SSSR count). The zero-order valence-electron chi connectivity index (χ0n) is 12.2.